The molecule has 0 bridgehead atoms. The van der Waals surface area contributed by atoms with Crippen molar-refractivity contribution in [2.24, 2.45) is 0 Å². The standard InChI is InChI=1S/C8H3Br2NO2/c9-4-2-1-3-5-6(4)7(12)8(10)11-13-5/h1-3H. The molecule has 0 amide bonds. The number of hydrogen-bond donors (Lipinski definition) is 0. The Balaban J connectivity index is 3.06. The maximum absolute atomic E-state index is 11.5. The molecule has 1 aromatic carbocycles. The third kappa shape index (κ3) is 1.42. The summed E-state index contributed by atoms with van der Waals surface area (Å²) in [7, 11) is 0. The summed E-state index contributed by atoms with van der Waals surface area (Å²) in [5, 5.41) is 4.06. The van der Waals surface area contributed by atoms with Crippen molar-refractivity contribution in [1.82, 2.24) is 5.16 Å². The molecule has 0 radical (unpaired) electrons. The maximum atomic E-state index is 11.5. The fourth-order valence-corrected chi connectivity index (χ4v) is 1.83. The summed E-state index contributed by atoms with van der Waals surface area (Å²) >= 11 is 6.29. The van der Waals surface area contributed by atoms with E-state index < -0.39 is 0 Å². The highest BCUT2D eigenvalue weighted by Gasteiger charge is 2.08. The van der Waals surface area contributed by atoms with Gasteiger partial charge in [0.1, 0.15) is 0 Å². The van der Waals surface area contributed by atoms with E-state index in [9.17, 15) is 4.79 Å². The molecule has 0 aliphatic heterocycles. The lowest BCUT2D eigenvalue weighted by Gasteiger charge is -1.96. The molecule has 1 aromatic heterocycles. The number of benzene rings is 1. The third-order valence-corrected chi connectivity index (χ3v) is 2.78. The van der Waals surface area contributed by atoms with Gasteiger partial charge in [-0.05, 0) is 44.0 Å². The highest BCUT2D eigenvalue weighted by Crippen LogP contribution is 2.20. The van der Waals surface area contributed by atoms with Crippen LogP contribution in [0.5, 0.6) is 0 Å². The number of halogens is 2. The van der Waals surface area contributed by atoms with Gasteiger partial charge in [0.25, 0.3) is 0 Å². The molecule has 0 fully saturated rings. The molecule has 0 N–H and O–H groups in total. The first-order valence-corrected chi connectivity index (χ1v) is 5.02. The molecule has 3 nitrogen and oxygen atoms in total. The van der Waals surface area contributed by atoms with E-state index in [4.69, 9.17) is 4.52 Å². The number of rotatable bonds is 0. The third-order valence-electron chi connectivity index (χ3n) is 1.61. The van der Waals surface area contributed by atoms with Crippen molar-refractivity contribution in [1.29, 1.82) is 0 Å². The Morgan fingerprint density at radius 2 is 2.08 bits per heavy atom. The summed E-state index contributed by atoms with van der Waals surface area (Å²) in [6.07, 6.45) is 0. The van der Waals surface area contributed by atoms with Crippen molar-refractivity contribution in [3.63, 3.8) is 0 Å². The van der Waals surface area contributed by atoms with E-state index in [-0.39, 0.29) is 10.0 Å². The van der Waals surface area contributed by atoms with Gasteiger partial charge in [-0.25, -0.2) is 0 Å². The van der Waals surface area contributed by atoms with E-state index in [1.807, 2.05) is 0 Å². The van der Waals surface area contributed by atoms with Crippen LogP contribution >= 0.6 is 31.9 Å². The highest BCUT2D eigenvalue weighted by atomic mass is 79.9. The molecule has 2 rings (SSSR count). The zero-order valence-corrected chi connectivity index (χ0v) is 9.42. The van der Waals surface area contributed by atoms with Crippen LogP contribution in [0.2, 0.25) is 0 Å². The van der Waals surface area contributed by atoms with E-state index in [0.29, 0.717) is 15.4 Å². The Labute approximate surface area is 90.0 Å². The van der Waals surface area contributed by atoms with Crippen LogP contribution < -0.4 is 5.43 Å². The van der Waals surface area contributed by atoms with Crippen LogP contribution in [-0.4, -0.2) is 5.16 Å². The number of nitrogens with zero attached hydrogens (tertiary/aromatic N) is 1. The lowest BCUT2D eigenvalue weighted by Crippen LogP contribution is -2.04. The van der Waals surface area contributed by atoms with Crippen LogP contribution in [-0.2, 0) is 0 Å². The lowest BCUT2D eigenvalue weighted by molar-refractivity contribution is 0.433. The molecule has 2 aromatic rings. The van der Waals surface area contributed by atoms with Gasteiger partial charge in [0, 0.05) is 4.47 Å². The second kappa shape index (κ2) is 3.23. The Morgan fingerprint density at radius 3 is 2.85 bits per heavy atom. The van der Waals surface area contributed by atoms with Gasteiger partial charge in [0.05, 0.1) is 5.39 Å². The van der Waals surface area contributed by atoms with Crippen LogP contribution in [0.3, 0.4) is 0 Å². The number of fused-ring (bicyclic) bond motifs is 1. The second-order valence-corrected chi connectivity index (χ2v) is 4.02. The van der Waals surface area contributed by atoms with E-state index in [2.05, 4.69) is 37.0 Å². The van der Waals surface area contributed by atoms with Crippen LogP contribution in [0.25, 0.3) is 11.0 Å². The molecule has 66 valence electrons. The Bertz CT molecular complexity index is 521. The molecule has 0 saturated carbocycles. The van der Waals surface area contributed by atoms with Crippen LogP contribution in [0, 0.1) is 0 Å². The number of aromatic nitrogens is 1. The highest BCUT2D eigenvalue weighted by molar-refractivity contribution is 9.11. The average Bonchev–Trinajstić information content (AvgIpc) is 2.12. The average molecular weight is 305 g/mol. The van der Waals surface area contributed by atoms with E-state index >= 15 is 0 Å². The predicted octanol–water partition coefficient (Wildman–Crippen LogP) is 2.71. The zero-order valence-electron chi connectivity index (χ0n) is 6.25. The van der Waals surface area contributed by atoms with Gasteiger partial charge in [-0.1, -0.05) is 11.2 Å². The van der Waals surface area contributed by atoms with Gasteiger partial charge in [-0.15, -0.1) is 0 Å². The molecule has 0 saturated heterocycles. The molecule has 5 heteroatoms. The molecular weight excluding hydrogens is 302 g/mol. The Kier molecular flexibility index (Phi) is 2.21. The van der Waals surface area contributed by atoms with Gasteiger partial charge in [-0.3, -0.25) is 4.79 Å². The zero-order chi connectivity index (χ0) is 9.42. The van der Waals surface area contributed by atoms with Crippen molar-refractivity contribution >= 4 is 42.8 Å². The minimum Gasteiger partial charge on any atom is -0.355 e. The summed E-state index contributed by atoms with van der Waals surface area (Å²) < 4.78 is 5.87. The lowest BCUT2D eigenvalue weighted by atomic mass is 10.2. The van der Waals surface area contributed by atoms with Gasteiger partial charge in [0.2, 0.25) is 5.43 Å². The smallest absolute Gasteiger partial charge is 0.226 e. The van der Waals surface area contributed by atoms with Crippen molar-refractivity contribution in [2.45, 2.75) is 0 Å². The largest absolute Gasteiger partial charge is 0.355 e. The minimum absolute atomic E-state index is 0.172. The quantitative estimate of drug-likeness (QED) is 0.751. The summed E-state index contributed by atoms with van der Waals surface area (Å²) in [5.74, 6) is 0. The summed E-state index contributed by atoms with van der Waals surface area (Å²) in [5.41, 5.74) is 0.302. The number of hydrogen-bond acceptors (Lipinski definition) is 3. The van der Waals surface area contributed by atoms with Gasteiger partial charge >= 0.3 is 0 Å². The molecule has 13 heavy (non-hydrogen) atoms. The van der Waals surface area contributed by atoms with Gasteiger partial charge in [-0.2, -0.15) is 0 Å². The topological polar surface area (TPSA) is 43.1 Å². The first kappa shape index (κ1) is 8.90. The molecule has 0 aliphatic carbocycles. The molecule has 0 unspecified atom stereocenters. The molecule has 0 spiro atoms. The summed E-state index contributed by atoms with van der Waals surface area (Å²) in [4.78, 5) is 11.5. The second-order valence-electron chi connectivity index (χ2n) is 2.42. The first-order valence-electron chi connectivity index (χ1n) is 3.44. The molecule has 1 heterocycles. The molecule has 0 atom stereocenters. The van der Waals surface area contributed by atoms with Crippen LogP contribution in [0.4, 0.5) is 0 Å². The predicted molar refractivity (Wildman–Crippen MR) is 55.7 cm³/mol. The Morgan fingerprint density at radius 1 is 1.31 bits per heavy atom. The van der Waals surface area contributed by atoms with Crippen molar-refractivity contribution in [3.8, 4) is 0 Å². The monoisotopic (exact) mass is 303 g/mol. The fraction of sp³-hybridized carbons (Fsp3) is 0. The Hall–Kier alpha value is -0.680. The molecular formula is C8H3Br2NO2. The minimum atomic E-state index is -0.172. The normalized spacial score (nSPS) is 10.6. The van der Waals surface area contributed by atoms with Gasteiger partial charge < -0.3 is 4.52 Å². The SMILES string of the molecule is O=c1c(Br)noc2cccc(Br)c12. The van der Waals surface area contributed by atoms with E-state index in [0.717, 1.165) is 0 Å². The first-order chi connectivity index (χ1) is 6.20. The van der Waals surface area contributed by atoms with Crippen molar-refractivity contribution < 1.29 is 4.52 Å². The van der Waals surface area contributed by atoms with Crippen LogP contribution in [0.15, 0.2) is 36.6 Å². The molecule has 0 aliphatic rings. The summed E-state index contributed by atoms with van der Waals surface area (Å²) in [6.45, 7) is 0. The van der Waals surface area contributed by atoms with E-state index in [1.165, 1.54) is 0 Å². The van der Waals surface area contributed by atoms with Crippen molar-refractivity contribution in [3.05, 3.63) is 37.5 Å². The summed E-state index contributed by atoms with van der Waals surface area (Å²) in [6, 6.07) is 5.26. The van der Waals surface area contributed by atoms with Gasteiger partial charge in [0.15, 0.2) is 10.2 Å². The van der Waals surface area contributed by atoms with Crippen molar-refractivity contribution in [2.75, 3.05) is 0 Å². The fourth-order valence-electron chi connectivity index (χ4n) is 1.03. The maximum Gasteiger partial charge on any atom is 0.226 e. The van der Waals surface area contributed by atoms with E-state index in [1.54, 1.807) is 18.2 Å². The van der Waals surface area contributed by atoms with Crippen LogP contribution in [0.1, 0.15) is 0 Å².